The van der Waals surface area contributed by atoms with Crippen LogP contribution in [0.4, 0.5) is 0 Å². The lowest BCUT2D eigenvalue weighted by Crippen LogP contribution is -2.30. The summed E-state index contributed by atoms with van der Waals surface area (Å²) < 4.78 is 68.5. The molecule has 0 aliphatic carbocycles. The molecule has 0 aromatic rings. The number of aliphatic hydroxyl groups excluding tert-OH is 1. The second kappa shape index (κ2) is 79.3. The lowest BCUT2D eigenvalue weighted by atomic mass is 10.1. The number of aliphatic hydroxyl groups is 1. The van der Waals surface area contributed by atoms with Crippen molar-refractivity contribution < 1.29 is 80.2 Å². The number of phosphoric ester groups is 2. The average molecular weight is 1550 g/mol. The highest BCUT2D eigenvalue weighted by Gasteiger charge is 2.30. The standard InChI is InChI=1S/C89H144O17P2/c1-5-9-13-17-21-25-29-33-37-40-41-44-47-50-54-58-62-66-70-74-87(92)100-80-85(106-89(94)76-72-68-64-60-56-52-48-43-39-35-31-27-23-19-15-11-7-3)82-104-108(97,98)102-78-83(90)77-101-107(95,96)103-81-84(105-88(93)75-71-67-63-59-55-51-45-36-32-28-24-20-16-12-8-4)79-99-86(91)73-69-65-61-57-53-49-46-42-38-34-30-26-22-18-14-10-6-2/h9,13,21-28,33-39,41,44-46,48-50,52,54,57,60-61,64,83-85,90H,5-8,10-12,14-20,29-32,40,42-43,47,51,53,55-56,58-59,62-63,65-82H2,1-4H3,(H,95,96)(H,97,98)/b13-9-,25-21-,26-22-,27-23-,28-24-,37-33-,38-34-,39-35-,44-41-,45-36-,49-46-,52-48-,54-50-,61-57-,64-60-/t83-,84+,85+/m0/s1. The summed E-state index contributed by atoms with van der Waals surface area (Å²) in [5.41, 5.74) is 0. The first-order valence-electron chi connectivity index (χ1n) is 41.0. The Hall–Kier alpha value is -5.84. The Labute approximate surface area is 654 Å². The molecule has 3 N–H and O–H groups in total. The van der Waals surface area contributed by atoms with Crippen LogP contribution in [0.1, 0.15) is 297 Å². The van der Waals surface area contributed by atoms with Crippen LogP contribution in [0.2, 0.25) is 0 Å². The third kappa shape index (κ3) is 78.3. The number of hydrogen-bond donors (Lipinski definition) is 3. The molecule has 5 atom stereocenters. The number of ether oxygens (including phenoxy) is 4. The van der Waals surface area contributed by atoms with Crippen molar-refractivity contribution in [3.63, 3.8) is 0 Å². The van der Waals surface area contributed by atoms with Gasteiger partial charge in [-0.2, -0.15) is 0 Å². The van der Waals surface area contributed by atoms with E-state index in [2.05, 4.69) is 186 Å². The van der Waals surface area contributed by atoms with Crippen LogP contribution in [0.25, 0.3) is 0 Å². The van der Waals surface area contributed by atoms with Gasteiger partial charge in [0.05, 0.1) is 26.4 Å². The number of unbranched alkanes of at least 4 members (excludes halogenated alkanes) is 19. The number of allylic oxidation sites excluding steroid dienone is 30. The van der Waals surface area contributed by atoms with Gasteiger partial charge >= 0.3 is 39.5 Å². The fraction of sp³-hybridized carbons (Fsp3) is 0.618. The second-order valence-corrected chi connectivity index (χ2v) is 29.5. The van der Waals surface area contributed by atoms with E-state index in [-0.39, 0.29) is 25.7 Å². The Kier molecular flexibility index (Phi) is 75.0. The molecular weight excluding hydrogens is 1400 g/mol. The van der Waals surface area contributed by atoms with Crippen LogP contribution in [0.5, 0.6) is 0 Å². The maximum Gasteiger partial charge on any atom is 0.472 e. The molecule has 2 unspecified atom stereocenters. The van der Waals surface area contributed by atoms with Crippen LogP contribution in [-0.4, -0.2) is 96.7 Å². The fourth-order valence-electron chi connectivity index (χ4n) is 10.1. The summed E-state index contributed by atoms with van der Waals surface area (Å²) in [7, 11) is -10.0. The largest absolute Gasteiger partial charge is 0.472 e. The predicted octanol–water partition coefficient (Wildman–Crippen LogP) is 24.3. The molecule has 0 fully saturated rings. The number of rotatable bonds is 75. The van der Waals surface area contributed by atoms with E-state index in [1.807, 2.05) is 24.3 Å². The third-order valence-electron chi connectivity index (χ3n) is 16.3. The summed E-state index contributed by atoms with van der Waals surface area (Å²) in [4.78, 5) is 73.1. The van der Waals surface area contributed by atoms with E-state index in [9.17, 15) is 43.2 Å². The Morgan fingerprint density at radius 1 is 0.269 bits per heavy atom. The zero-order valence-electron chi connectivity index (χ0n) is 66.9. The molecule has 0 spiro atoms. The number of hydrogen-bond acceptors (Lipinski definition) is 15. The third-order valence-corrected chi connectivity index (χ3v) is 18.2. The van der Waals surface area contributed by atoms with E-state index in [0.717, 1.165) is 148 Å². The Morgan fingerprint density at radius 2 is 0.491 bits per heavy atom. The summed E-state index contributed by atoms with van der Waals surface area (Å²) in [6, 6.07) is 0. The maximum absolute atomic E-state index is 13.1. The van der Waals surface area contributed by atoms with E-state index in [0.29, 0.717) is 38.5 Å². The van der Waals surface area contributed by atoms with E-state index in [4.69, 9.17) is 37.0 Å². The molecule has 0 heterocycles. The van der Waals surface area contributed by atoms with E-state index in [1.54, 1.807) is 0 Å². The minimum Gasteiger partial charge on any atom is -0.462 e. The summed E-state index contributed by atoms with van der Waals surface area (Å²) in [6.07, 6.45) is 95.9. The van der Waals surface area contributed by atoms with Gasteiger partial charge in [-0.05, 0) is 180 Å². The Balaban J connectivity index is 5.53. The smallest absolute Gasteiger partial charge is 0.462 e. The zero-order chi connectivity index (χ0) is 78.9. The van der Waals surface area contributed by atoms with Crippen molar-refractivity contribution in [1.82, 2.24) is 0 Å². The van der Waals surface area contributed by atoms with Gasteiger partial charge in [0.15, 0.2) is 12.2 Å². The molecule has 0 aromatic heterocycles. The molecule has 17 nitrogen and oxygen atoms in total. The van der Waals surface area contributed by atoms with Gasteiger partial charge in [-0.15, -0.1) is 0 Å². The summed E-state index contributed by atoms with van der Waals surface area (Å²) >= 11 is 0. The average Bonchev–Trinajstić information content (AvgIpc) is 0.906. The zero-order valence-corrected chi connectivity index (χ0v) is 68.7. The van der Waals surface area contributed by atoms with E-state index < -0.39 is 97.5 Å². The fourth-order valence-corrected chi connectivity index (χ4v) is 11.7. The predicted molar refractivity (Wildman–Crippen MR) is 445 cm³/mol. The Bertz CT molecular complexity index is 2760. The van der Waals surface area contributed by atoms with Crippen molar-refractivity contribution in [3.05, 3.63) is 182 Å². The lowest BCUT2D eigenvalue weighted by molar-refractivity contribution is -0.161. The topological polar surface area (TPSA) is 237 Å². The van der Waals surface area contributed by atoms with E-state index >= 15 is 0 Å². The van der Waals surface area contributed by atoms with Gasteiger partial charge in [0.1, 0.15) is 19.3 Å². The monoisotopic (exact) mass is 1550 g/mol. The van der Waals surface area contributed by atoms with Crippen LogP contribution in [0.3, 0.4) is 0 Å². The number of carbonyl (C=O) groups excluding carboxylic acids is 4. The highest BCUT2D eigenvalue weighted by Crippen LogP contribution is 2.45. The number of carbonyl (C=O) groups is 4. The van der Waals surface area contributed by atoms with Gasteiger partial charge in [0.2, 0.25) is 0 Å². The van der Waals surface area contributed by atoms with Gasteiger partial charge in [-0.3, -0.25) is 37.3 Å². The van der Waals surface area contributed by atoms with Gasteiger partial charge < -0.3 is 33.8 Å². The molecule has 0 saturated heterocycles. The maximum atomic E-state index is 13.1. The van der Waals surface area contributed by atoms with Crippen molar-refractivity contribution in [2.75, 3.05) is 39.6 Å². The molecule has 0 aliphatic heterocycles. The molecule has 108 heavy (non-hydrogen) atoms. The van der Waals surface area contributed by atoms with Crippen LogP contribution >= 0.6 is 15.6 Å². The molecule has 0 bridgehead atoms. The minimum atomic E-state index is -5.02. The van der Waals surface area contributed by atoms with Crippen molar-refractivity contribution in [3.8, 4) is 0 Å². The first-order valence-corrected chi connectivity index (χ1v) is 44.0. The highest BCUT2D eigenvalue weighted by molar-refractivity contribution is 7.47. The lowest BCUT2D eigenvalue weighted by Gasteiger charge is -2.21. The molecule has 0 aliphatic rings. The first kappa shape index (κ1) is 102. The molecule has 0 amide bonds. The SMILES string of the molecule is CC/C=C\C/C=C\C/C=C\C/C=C\C/C=C\CCCCCC(=O)OC[C@H](COP(=O)(O)OC[C@@H](O)COP(=O)(O)OC[C@@H](COC(=O)CCC/C=C\C/C=C\C/C=C\C/C=C\CCCCC)OC(=O)CCCCCCC/C=C\C/C=C\CCCCC)OC(=O)CCC/C=C\C/C=C\C/C=C\C/C=C\CCCCC. The van der Waals surface area contributed by atoms with Crippen molar-refractivity contribution >= 4 is 39.5 Å². The Morgan fingerprint density at radius 3 is 0.796 bits per heavy atom. The number of phosphoric acid groups is 2. The van der Waals surface area contributed by atoms with Gasteiger partial charge in [0, 0.05) is 25.7 Å². The highest BCUT2D eigenvalue weighted by atomic mass is 31.2. The molecule has 0 aromatic carbocycles. The molecule has 0 rings (SSSR count). The normalized spacial score (nSPS) is 14.8. The quantitative estimate of drug-likeness (QED) is 0.0169. The molecule has 19 heteroatoms. The molecule has 0 radical (unpaired) electrons. The second-order valence-electron chi connectivity index (χ2n) is 26.6. The summed E-state index contributed by atoms with van der Waals surface area (Å²) in [5, 5.41) is 10.7. The van der Waals surface area contributed by atoms with Crippen LogP contribution in [0.15, 0.2) is 182 Å². The molecule has 0 saturated carbocycles. The molecule has 612 valence electrons. The minimum absolute atomic E-state index is 0.00276. The van der Waals surface area contributed by atoms with Crippen LogP contribution in [-0.2, 0) is 65.4 Å². The summed E-state index contributed by atoms with van der Waals surface area (Å²) in [6.45, 7) is 4.48. The van der Waals surface area contributed by atoms with Crippen molar-refractivity contribution in [1.29, 1.82) is 0 Å². The van der Waals surface area contributed by atoms with Crippen molar-refractivity contribution in [2.24, 2.45) is 0 Å². The van der Waals surface area contributed by atoms with Gasteiger partial charge in [-0.25, -0.2) is 9.13 Å². The van der Waals surface area contributed by atoms with Gasteiger partial charge in [0.25, 0.3) is 0 Å². The summed E-state index contributed by atoms with van der Waals surface area (Å²) in [5.74, 6) is -2.37. The first-order chi connectivity index (χ1) is 52.7. The molecular formula is C89H144O17P2. The van der Waals surface area contributed by atoms with Crippen LogP contribution < -0.4 is 0 Å². The number of esters is 4. The van der Waals surface area contributed by atoms with Gasteiger partial charge in [-0.1, -0.05) is 274 Å². The van der Waals surface area contributed by atoms with Crippen LogP contribution in [0, 0.1) is 0 Å². The van der Waals surface area contributed by atoms with E-state index in [1.165, 1.54) is 57.8 Å². The van der Waals surface area contributed by atoms with Crippen molar-refractivity contribution in [2.45, 2.75) is 316 Å².